The molecule has 1 aromatic heterocycles. The first-order valence-electron chi connectivity index (χ1n) is 5.37. The molecule has 0 aliphatic heterocycles. The number of nitrogens with zero attached hydrogens (tertiary/aromatic N) is 1. The van der Waals surface area contributed by atoms with Crippen molar-refractivity contribution in [2.24, 2.45) is 5.73 Å². The fourth-order valence-electron chi connectivity index (χ4n) is 1.46. The van der Waals surface area contributed by atoms with E-state index in [9.17, 15) is 0 Å². The van der Waals surface area contributed by atoms with Gasteiger partial charge in [0.15, 0.2) is 0 Å². The van der Waals surface area contributed by atoms with Crippen molar-refractivity contribution in [3.05, 3.63) is 51.6 Å². The van der Waals surface area contributed by atoms with Crippen molar-refractivity contribution in [1.82, 2.24) is 4.98 Å². The van der Waals surface area contributed by atoms with E-state index in [0.717, 1.165) is 5.69 Å². The van der Waals surface area contributed by atoms with E-state index in [1.165, 1.54) is 0 Å². The maximum absolute atomic E-state index is 6.04. The summed E-state index contributed by atoms with van der Waals surface area (Å²) < 4.78 is 5.67. The van der Waals surface area contributed by atoms with Gasteiger partial charge in [-0.05, 0) is 31.2 Å². The highest BCUT2D eigenvalue weighted by Crippen LogP contribution is 2.32. The summed E-state index contributed by atoms with van der Waals surface area (Å²) in [4.78, 5) is 4.48. The van der Waals surface area contributed by atoms with E-state index >= 15 is 0 Å². The zero-order valence-electron chi connectivity index (χ0n) is 9.98. The van der Waals surface area contributed by atoms with Crippen molar-refractivity contribution in [3.63, 3.8) is 0 Å². The van der Waals surface area contributed by atoms with E-state index < -0.39 is 0 Å². The fourth-order valence-corrected chi connectivity index (χ4v) is 1.93. The molecule has 0 spiro atoms. The number of ether oxygens (including phenoxy) is 1. The van der Waals surface area contributed by atoms with Crippen LogP contribution in [0.25, 0.3) is 0 Å². The lowest BCUT2D eigenvalue weighted by molar-refractivity contribution is 0.461. The Hall–Kier alpha value is -1.36. The van der Waals surface area contributed by atoms with Gasteiger partial charge in [-0.1, -0.05) is 35.4 Å². The summed E-state index contributed by atoms with van der Waals surface area (Å²) in [6.45, 7) is 1.84. The molecule has 0 bridgehead atoms. The molecule has 2 N–H and O–H groups in total. The van der Waals surface area contributed by atoms with Crippen molar-refractivity contribution in [2.45, 2.75) is 6.92 Å². The zero-order chi connectivity index (χ0) is 14.0. The zero-order valence-corrected chi connectivity index (χ0v) is 12.3. The van der Waals surface area contributed by atoms with Crippen LogP contribution in [-0.4, -0.2) is 9.97 Å². The molecule has 0 saturated carbocycles. The van der Waals surface area contributed by atoms with Crippen LogP contribution in [0.4, 0.5) is 0 Å². The van der Waals surface area contributed by atoms with Gasteiger partial charge in [0, 0.05) is 16.8 Å². The van der Waals surface area contributed by atoms with Gasteiger partial charge in [0.25, 0.3) is 0 Å². The number of hydrogen-bond acceptors (Lipinski definition) is 3. The third-order valence-electron chi connectivity index (χ3n) is 2.36. The number of aromatic nitrogens is 1. The minimum Gasteiger partial charge on any atom is -0.437 e. The minimum absolute atomic E-state index is 0.209. The maximum atomic E-state index is 6.04. The molecule has 0 aliphatic rings. The normalized spacial score (nSPS) is 10.3. The predicted octanol–water partition coefficient (Wildman–Crippen LogP) is 4.12. The number of nitrogens with two attached hydrogens (primary N) is 1. The van der Waals surface area contributed by atoms with Crippen LogP contribution in [0.5, 0.6) is 11.6 Å². The molecule has 98 valence electrons. The Balaban J connectivity index is 2.45. The van der Waals surface area contributed by atoms with Crippen molar-refractivity contribution >= 4 is 40.4 Å². The maximum Gasteiger partial charge on any atom is 0.229 e. The predicted molar refractivity (Wildman–Crippen MR) is 81.4 cm³/mol. The second-order valence-corrected chi connectivity index (χ2v) is 5.13. The van der Waals surface area contributed by atoms with Crippen LogP contribution < -0.4 is 10.5 Å². The van der Waals surface area contributed by atoms with Crippen molar-refractivity contribution in [3.8, 4) is 11.6 Å². The van der Waals surface area contributed by atoms with Gasteiger partial charge in [-0.2, -0.15) is 0 Å². The second kappa shape index (κ2) is 5.74. The van der Waals surface area contributed by atoms with E-state index in [2.05, 4.69) is 4.98 Å². The highest BCUT2D eigenvalue weighted by atomic mass is 35.5. The summed E-state index contributed by atoms with van der Waals surface area (Å²) in [6, 6.07) is 8.50. The van der Waals surface area contributed by atoms with Crippen LogP contribution in [0.1, 0.15) is 11.3 Å². The van der Waals surface area contributed by atoms with Crippen molar-refractivity contribution in [1.29, 1.82) is 0 Å². The molecule has 0 radical (unpaired) electrons. The monoisotopic (exact) mass is 312 g/mol. The molecule has 6 heteroatoms. The largest absolute Gasteiger partial charge is 0.437 e. The summed E-state index contributed by atoms with van der Waals surface area (Å²) in [5.41, 5.74) is 6.98. The summed E-state index contributed by atoms with van der Waals surface area (Å²) >= 11 is 16.9. The molecular weight excluding hydrogens is 303 g/mol. The number of hydrogen-bond donors (Lipinski definition) is 1. The molecule has 0 saturated heterocycles. The Bertz CT molecular complexity index is 647. The fraction of sp³-hybridized carbons (Fsp3) is 0.0769. The van der Waals surface area contributed by atoms with E-state index in [-0.39, 0.29) is 4.99 Å². The lowest BCUT2D eigenvalue weighted by Crippen LogP contribution is -2.12. The molecule has 3 nitrogen and oxygen atoms in total. The lowest BCUT2D eigenvalue weighted by atomic mass is 10.2. The standard InChI is InChI=1S/C13H10Cl2N2OS/c1-7-2-4-9(12(16)19)13(17-7)18-11-6-8(14)3-5-10(11)15/h2-6H,1H3,(H2,16,19). The molecule has 0 fully saturated rings. The van der Waals surface area contributed by atoms with Gasteiger partial charge in [0.05, 0.1) is 10.6 Å². The van der Waals surface area contributed by atoms with Crippen LogP contribution in [0.15, 0.2) is 30.3 Å². The molecule has 1 aromatic carbocycles. The van der Waals surface area contributed by atoms with Gasteiger partial charge >= 0.3 is 0 Å². The third-order valence-corrected chi connectivity index (χ3v) is 3.13. The molecule has 2 aromatic rings. The highest BCUT2D eigenvalue weighted by molar-refractivity contribution is 7.80. The third kappa shape index (κ3) is 3.35. The van der Waals surface area contributed by atoms with Crippen LogP contribution in [-0.2, 0) is 0 Å². The SMILES string of the molecule is Cc1ccc(C(N)=S)c(Oc2cc(Cl)ccc2Cl)n1. The van der Waals surface area contributed by atoms with Crippen molar-refractivity contribution in [2.75, 3.05) is 0 Å². The topological polar surface area (TPSA) is 48.1 Å². The van der Waals surface area contributed by atoms with E-state index in [1.54, 1.807) is 30.3 Å². The first-order chi connectivity index (χ1) is 8.97. The molecular formula is C13H10Cl2N2OS. The van der Waals surface area contributed by atoms with Gasteiger partial charge in [-0.15, -0.1) is 0 Å². The van der Waals surface area contributed by atoms with Gasteiger partial charge < -0.3 is 10.5 Å². The van der Waals surface area contributed by atoms with Crippen LogP contribution in [0.3, 0.4) is 0 Å². The molecule has 0 unspecified atom stereocenters. The van der Waals surface area contributed by atoms with E-state index in [0.29, 0.717) is 27.2 Å². The van der Waals surface area contributed by atoms with Gasteiger partial charge in [-0.25, -0.2) is 4.98 Å². The number of aryl methyl sites for hydroxylation is 1. The van der Waals surface area contributed by atoms with Crippen molar-refractivity contribution < 1.29 is 4.74 Å². The Labute approximate surface area is 126 Å². The van der Waals surface area contributed by atoms with E-state index in [4.69, 9.17) is 45.9 Å². The molecule has 0 aliphatic carbocycles. The molecule has 0 atom stereocenters. The summed E-state index contributed by atoms with van der Waals surface area (Å²) in [6.07, 6.45) is 0. The van der Waals surface area contributed by atoms with Gasteiger partial charge in [-0.3, -0.25) is 0 Å². The Morgan fingerprint density at radius 3 is 2.68 bits per heavy atom. The first kappa shape index (κ1) is 14.1. The number of halogens is 2. The Kier molecular flexibility index (Phi) is 4.24. The highest BCUT2D eigenvalue weighted by Gasteiger charge is 2.12. The summed E-state index contributed by atoms with van der Waals surface area (Å²) in [7, 11) is 0. The van der Waals surface area contributed by atoms with Crippen LogP contribution in [0.2, 0.25) is 10.0 Å². The molecule has 1 heterocycles. The quantitative estimate of drug-likeness (QED) is 0.866. The number of thiocarbonyl (C=S) groups is 1. The average molecular weight is 313 g/mol. The number of benzene rings is 1. The van der Waals surface area contributed by atoms with Gasteiger partial charge in [0.1, 0.15) is 10.7 Å². The number of pyridine rings is 1. The van der Waals surface area contributed by atoms with Crippen LogP contribution >= 0.6 is 35.4 Å². The van der Waals surface area contributed by atoms with Gasteiger partial charge in [0.2, 0.25) is 5.88 Å². The summed E-state index contributed by atoms with van der Waals surface area (Å²) in [5.74, 6) is 0.724. The van der Waals surface area contributed by atoms with Crippen LogP contribution in [0, 0.1) is 6.92 Å². The minimum atomic E-state index is 0.209. The first-order valence-corrected chi connectivity index (χ1v) is 6.54. The van der Waals surface area contributed by atoms with E-state index in [1.807, 2.05) is 6.92 Å². The molecule has 2 rings (SSSR count). The Morgan fingerprint density at radius 1 is 1.26 bits per heavy atom. The molecule has 19 heavy (non-hydrogen) atoms. The second-order valence-electron chi connectivity index (χ2n) is 3.85. The smallest absolute Gasteiger partial charge is 0.229 e. The lowest BCUT2D eigenvalue weighted by Gasteiger charge is -2.11. The summed E-state index contributed by atoms with van der Waals surface area (Å²) in [5, 5.41) is 0.950. The Morgan fingerprint density at radius 2 is 2.00 bits per heavy atom. The average Bonchev–Trinajstić information content (AvgIpc) is 2.33. The number of rotatable bonds is 3. The molecule has 0 amide bonds.